The third-order valence-corrected chi connectivity index (χ3v) is 10.00. The molecule has 278 valence electrons. The van der Waals surface area contributed by atoms with Crippen LogP contribution in [0.2, 0.25) is 0 Å². The summed E-state index contributed by atoms with van der Waals surface area (Å²) in [6.07, 6.45) is 4.76. The predicted octanol–water partition coefficient (Wildman–Crippen LogP) is 5.45. The normalized spacial score (nSPS) is 17.7. The fourth-order valence-electron chi connectivity index (χ4n) is 7.38. The number of piperidine rings is 1. The summed E-state index contributed by atoms with van der Waals surface area (Å²) in [5.41, 5.74) is 3.77. The first-order valence-corrected chi connectivity index (χ1v) is 18.2. The highest BCUT2D eigenvalue weighted by Crippen LogP contribution is 2.35. The Labute approximate surface area is 312 Å². The summed E-state index contributed by atoms with van der Waals surface area (Å²) >= 11 is 0. The Morgan fingerprint density at radius 1 is 1.00 bits per heavy atom. The fraction of sp³-hybridized carbons (Fsp3) is 0.366. The van der Waals surface area contributed by atoms with Gasteiger partial charge in [0.2, 0.25) is 11.8 Å². The summed E-state index contributed by atoms with van der Waals surface area (Å²) in [7, 11) is 3.70. The standard InChI is InChI=1S/C41H43N7O6/c1-41(2,3)54-40(53)48-32-23-34(42-24-28(32)22-33(48)29-14-9-21-45(29)4)43-37(50)27-17-15-25(16-18-27)10-6-7-11-26-12-8-13-30-36(26)46(5)39(52)47(30)31-19-20-35(49)44-38(31)51/h8,12-13,15-18,22-24,29,31H,6,9-10,14,19-21H2,1-5H3,(H,42,43,50)(H,44,49,51)/t29-,31?/m1/s1. The SMILES string of the molecule is CN1CCC[C@@H]1c1cc2cnc(NC(=O)c3ccc(CCC#Cc4cccc5c4n(C)c(=O)n5C4CCC(=O)NC4=O)cc3)cc2n1C(=O)OC(C)(C)C. The number of aromatic nitrogens is 4. The maximum atomic E-state index is 13.5. The van der Waals surface area contributed by atoms with Crippen LogP contribution >= 0.6 is 0 Å². The zero-order chi connectivity index (χ0) is 38.3. The van der Waals surface area contributed by atoms with Crippen molar-refractivity contribution in [2.24, 2.45) is 7.05 Å². The average Bonchev–Trinajstić information content (AvgIpc) is 3.79. The minimum Gasteiger partial charge on any atom is -0.443 e. The first-order valence-electron chi connectivity index (χ1n) is 18.2. The number of benzene rings is 2. The van der Waals surface area contributed by atoms with E-state index < -0.39 is 23.6 Å². The van der Waals surface area contributed by atoms with Crippen molar-refractivity contribution in [2.45, 2.75) is 77.0 Å². The van der Waals surface area contributed by atoms with E-state index in [-0.39, 0.29) is 36.4 Å². The number of nitrogens with one attached hydrogen (secondary N) is 2. The monoisotopic (exact) mass is 729 g/mol. The number of hydrogen-bond donors (Lipinski definition) is 2. The van der Waals surface area contributed by atoms with Gasteiger partial charge in [0.15, 0.2) is 0 Å². The lowest BCUT2D eigenvalue weighted by Crippen LogP contribution is -2.44. The minimum absolute atomic E-state index is 0.0664. The lowest BCUT2D eigenvalue weighted by molar-refractivity contribution is -0.135. The Balaban J connectivity index is 1.04. The lowest BCUT2D eigenvalue weighted by atomic mass is 10.1. The molecular formula is C41H43N7O6. The van der Waals surface area contributed by atoms with E-state index in [9.17, 15) is 24.0 Å². The number of amides is 3. The van der Waals surface area contributed by atoms with E-state index in [4.69, 9.17) is 4.74 Å². The highest BCUT2D eigenvalue weighted by Gasteiger charge is 2.32. The largest absolute Gasteiger partial charge is 0.443 e. The number of aryl methyl sites for hydroxylation is 2. The van der Waals surface area contributed by atoms with Crippen molar-refractivity contribution >= 4 is 51.6 Å². The molecule has 13 nitrogen and oxygen atoms in total. The maximum Gasteiger partial charge on any atom is 0.419 e. The van der Waals surface area contributed by atoms with E-state index >= 15 is 0 Å². The van der Waals surface area contributed by atoms with Crippen LogP contribution in [0.1, 0.15) is 92.1 Å². The van der Waals surface area contributed by atoms with E-state index in [0.717, 1.165) is 36.0 Å². The molecule has 0 bridgehead atoms. The molecule has 0 radical (unpaired) electrons. The van der Waals surface area contributed by atoms with Crippen LogP contribution in [0.25, 0.3) is 21.9 Å². The van der Waals surface area contributed by atoms with Crippen LogP contribution in [0.3, 0.4) is 0 Å². The number of carbonyl (C=O) groups is 4. The molecule has 2 fully saturated rings. The molecular weight excluding hydrogens is 686 g/mol. The Morgan fingerprint density at radius 3 is 2.48 bits per heavy atom. The quantitative estimate of drug-likeness (QED) is 0.173. The Kier molecular flexibility index (Phi) is 9.72. The van der Waals surface area contributed by atoms with E-state index in [1.165, 1.54) is 9.13 Å². The molecule has 54 heavy (non-hydrogen) atoms. The van der Waals surface area contributed by atoms with Gasteiger partial charge in [0.05, 0.1) is 28.2 Å². The molecule has 2 aliphatic heterocycles. The topological polar surface area (TPSA) is 150 Å². The molecule has 0 spiro atoms. The van der Waals surface area contributed by atoms with Gasteiger partial charge in [-0.25, -0.2) is 19.1 Å². The number of para-hydroxylation sites is 1. The maximum absolute atomic E-state index is 13.5. The molecule has 0 aliphatic carbocycles. The average molecular weight is 730 g/mol. The smallest absolute Gasteiger partial charge is 0.419 e. The van der Waals surface area contributed by atoms with E-state index in [0.29, 0.717) is 46.3 Å². The molecule has 5 aromatic rings. The number of nitrogens with zero attached hydrogens (tertiary/aromatic N) is 5. The number of fused-ring (bicyclic) bond motifs is 2. The Hall–Kier alpha value is -6.00. The first-order chi connectivity index (χ1) is 25.8. The molecule has 5 heterocycles. The van der Waals surface area contributed by atoms with Crippen LogP contribution in [0.4, 0.5) is 10.6 Å². The highest BCUT2D eigenvalue weighted by molar-refractivity contribution is 6.05. The summed E-state index contributed by atoms with van der Waals surface area (Å²) in [6, 6.07) is 15.7. The summed E-state index contributed by atoms with van der Waals surface area (Å²) in [5, 5.41) is 6.00. The number of imidazole rings is 1. The van der Waals surface area contributed by atoms with Crippen LogP contribution in [-0.2, 0) is 27.8 Å². The van der Waals surface area contributed by atoms with E-state index in [1.54, 1.807) is 48.1 Å². The number of hydrogen-bond acceptors (Lipinski definition) is 8. The van der Waals surface area contributed by atoms with Gasteiger partial charge in [-0.3, -0.25) is 33.7 Å². The zero-order valence-corrected chi connectivity index (χ0v) is 31.1. The van der Waals surface area contributed by atoms with E-state index in [2.05, 4.69) is 39.4 Å². The van der Waals surface area contributed by atoms with Crippen molar-refractivity contribution in [3.8, 4) is 11.8 Å². The van der Waals surface area contributed by atoms with Crippen molar-refractivity contribution < 1.29 is 23.9 Å². The number of pyridine rings is 1. The van der Waals surface area contributed by atoms with Crippen LogP contribution in [0, 0.1) is 11.8 Å². The van der Waals surface area contributed by atoms with Gasteiger partial charge in [-0.1, -0.05) is 30.0 Å². The first kappa shape index (κ1) is 36.4. The molecule has 1 unspecified atom stereocenters. The van der Waals surface area contributed by atoms with Gasteiger partial charge < -0.3 is 10.1 Å². The van der Waals surface area contributed by atoms with Crippen LogP contribution in [0.15, 0.2) is 65.6 Å². The summed E-state index contributed by atoms with van der Waals surface area (Å²) in [4.78, 5) is 71.0. The van der Waals surface area contributed by atoms with Gasteiger partial charge in [0.25, 0.3) is 5.91 Å². The highest BCUT2D eigenvalue weighted by atomic mass is 16.6. The lowest BCUT2D eigenvalue weighted by Gasteiger charge is -2.24. The minimum atomic E-state index is -0.763. The molecule has 0 saturated carbocycles. The molecule has 3 amide bonds. The fourth-order valence-corrected chi connectivity index (χ4v) is 7.38. The molecule has 2 saturated heterocycles. The molecule has 2 N–H and O–H groups in total. The molecule has 3 aromatic heterocycles. The second-order valence-corrected chi connectivity index (χ2v) is 15.0. The van der Waals surface area contributed by atoms with Crippen molar-refractivity contribution in [2.75, 3.05) is 18.9 Å². The molecule has 7 rings (SSSR count). The number of rotatable bonds is 6. The van der Waals surface area contributed by atoms with Gasteiger partial charge in [-0.05, 0) is 95.9 Å². The molecule has 2 aromatic carbocycles. The Bertz CT molecular complexity index is 2440. The third-order valence-electron chi connectivity index (χ3n) is 10.00. The van der Waals surface area contributed by atoms with Gasteiger partial charge in [-0.15, -0.1) is 0 Å². The summed E-state index contributed by atoms with van der Waals surface area (Å²) in [5.74, 6) is 5.56. The molecule has 2 atom stereocenters. The second-order valence-electron chi connectivity index (χ2n) is 15.0. The van der Waals surface area contributed by atoms with Crippen LogP contribution in [-0.4, -0.2) is 66.6 Å². The number of ether oxygens (including phenoxy) is 1. The van der Waals surface area contributed by atoms with Crippen molar-refractivity contribution in [3.63, 3.8) is 0 Å². The number of carbonyl (C=O) groups excluding carboxylic acids is 4. The van der Waals surface area contributed by atoms with Gasteiger partial charge in [0.1, 0.15) is 17.5 Å². The van der Waals surface area contributed by atoms with Gasteiger partial charge >= 0.3 is 11.8 Å². The summed E-state index contributed by atoms with van der Waals surface area (Å²) < 4.78 is 10.3. The Morgan fingerprint density at radius 2 is 1.78 bits per heavy atom. The van der Waals surface area contributed by atoms with Crippen LogP contribution < -0.4 is 16.3 Å². The second kappa shape index (κ2) is 14.4. The van der Waals surface area contributed by atoms with Crippen molar-refractivity contribution in [3.05, 3.63) is 93.7 Å². The number of likely N-dealkylation sites (tertiary alicyclic amines) is 1. The number of imide groups is 1. The van der Waals surface area contributed by atoms with Crippen LogP contribution in [0.5, 0.6) is 0 Å². The molecule has 2 aliphatic rings. The zero-order valence-electron chi connectivity index (χ0n) is 31.1. The van der Waals surface area contributed by atoms with Gasteiger partial charge in [-0.2, -0.15) is 0 Å². The summed E-state index contributed by atoms with van der Waals surface area (Å²) in [6.45, 7) is 6.45. The number of anilines is 1. The van der Waals surface area contributed by atoms with E-state index in [1.807, 2.05) is 45.0 Å². The third kappa shape index (κ3) is 7.17. The predicted molar refractivity (Wildman–Crippen MR) is 204 cm³/mol. The van der Waals surface area contributed by atoms with Crippen molar-refractivity contribution in [1.29, 1.82) is 0 Å². The molecule has 13 heteroatoms. The van der Waals surface area contributed by atoms with Gasteiger partial charge in [0, 0.05) is 48.8 Å². The van der Waals surface area contributed by atoms with Crippen molar-refractivity contribution in [1.82, 2.24) is 28.9 Å².